The third-order valence-corrected chi connectivity index (χ3v) is 4.92. The van der Waals surface area contributed by atoms with Crippen LogP contribution in [0.4, 0.5) is 0 Å². The smallest absolute Gasteiger partial charge is 0.352 e. The largest absolute Gasteiger partial charge is 0.477 e. The Morgan fingerprint density at radius 1 is 1.42 bits per heavy atom. The van der Waals surface area contributed by atoms with Gasteiger partial charge in [0, 0.05) is 25.8 Å². The predicted octanol–water partition coefficient (Wildman–Crippen LogP) is 1.16. The summed E-state index contributed by atoms with van der Waals surface area (Å²) < 4.78 is 27.5. The van der Waals surface area contributed by atoms with Crippen molar-refractivity contribution < 1.29 is 18.3 Å². The van der Waals surface area contributed by atoms with Gasteiger partial charge < -0.3 is 9.67 Å². The van der Waals surface area contributed by atoms with Crippen molar-refractivity contribution in [1.82, 2.24) is 8.87 Å². The van der Waals surface area contributed by atoms with Gasteiger partial charge in [0.2, 0.25) is 10.0 Å². The number of hydrogen-bond acceptors (Lipinski definition) is 3. The minimum absolute atomic E-state index is 0.00590. The first kappa shape index (κ1) is 13.8. The molecule has 0 aromatic carbocycles. The monoisotopic (exact) mass is 284 g/mol. The van der Waals surface area contributed by atoms with Crippen molar-refractivity contribution in [1.29, 1.82) is 0 Å². The van der Waals surface area contributed by atoms with Crippen molar-refractivity contribution >= 4 is 16.0 Å². The molecule has 0 saturated heterocycles. The Hall–Kier alpha value is -1.60. The summed E-state index contributed by atoms with van der Waals surface area (Å²) in [6.07, 6.45) is 5.80. The molecule has 1 N–H and O–H groups in total. The predicted molar refractivity (Wildman–Crippen MR) is 69.6 cm³/mol. The van der Waals surface area contributed by atoms with E-state index in [1.54, 1.807) is 13.0 Å². The summed E-state index contributed by atoms with van der Waals surface area (Å²) in [5, 5.41) is 9.05. The lowest BCUT2D eigenvalue weighted by Crippen LogP contribution is -2.33. The highest BCUT2D eigenvalue weighted by Crippen LogP contribution is 2.21. The Kier molecular flexibility index (Phi) is 3.77. The molecule has 0 fully saturated rings. The zero-order chi connectivity index (χ0) is 14.0. The summed E-state index contributed by atoms with van der Waals surface area (Å²) in [6.45, 7) is 2.95. The van der Waals surface area contributed by atoms with Gasteiger partial charge in [-0.2, -0.15) is 4.31 Å². The summed E-state index contributed by atoms with van der Waals surface area (Å²) in [4.78, 5) is 11.1. The molecular weight excluding hydrogens is 268 g/mol. The number of carboxylic acid groups (broad SMARTS) is 1. The molecule has 104 valence electrons. The zero-order valence-electron chi connectivity index (χ0n) is 10.6. The van der Waals surface area contributed by atoms with E-state index in [0.717, 1.165) is 0 Å². The fraction of sp³-hybridized carbons (Fsp3) is 0.417. The van der Waals surface area contributed by atoms with Crippen LogP contribution < -0.4 is 0 Å². The first-order valence-corrected chi connectivity index (χ1v) is 7.49. The van der Waals surface area contributed by atoms with Gasteiger partial charge in [0.25, 0.3) is 0 Å². The summed E-state index contributed by atoms with van der Waals surface area (Å²) in [5.74, 6) is -1.12. The molecular formula is C12H16N2O4S. The van der Waals surface area contributed by atoms with E-state index in [1.807, 2.05) is 6.08 Å². The van der Waals surface area contributed by atoms with E-state index in [1.165, 1.54) is 21.1 Å². The van der Waals surface area contributed by atoms with Crippen molar-refractivity contribution in [3.8, 4) is 0 Å². The van der Waals surface area contributed by atoms with E-state index < -0.39 is 16.0 Å². The van der Waals surface area contributed by atoms with Crippen LogP contribution in [0.15, 0.2) is 29.3 Å². The third-order valence-electron chi connectivity index (χ3n) is 3.09. The summed E-state index contributed by atoms with van der Waals surface area (Å²) in [7, 11) is -3.61. The SMILES string of the molecule is CCn1cc(S(=O)(=O)N2CC=CCC2)cc1C(=O)O. The standard InChI is InChI=1S/C12H16N2O4S/c1-2-13-9-10(8-11(13)12(15)16)19(17,18)14-6-4-3-5-7-14/h3-4,8-9H,2,5-7H2,1H3,(H,15,16). The summed E-state index contributed by atoms with van der Waals surface area (Å²) in [5.41, 5.74) is -0.00590. The molecule has 0 bridgehead atoms. The molecule has 19 heavy (non-hydrogen) atoms. The molecule has 0 radical (unpaired) electrons. The molecule has 0 amide bonds. The molecule has 0 spiro atoms. The number of sulfonamides is 1. The number of carbonyl (C=O) groups is 1. The van der Waals surface area contributed by atoms with Gasteiger partial charge >= 0.3 is 5.97 Å². The molecule has 0 saturated carbocycles. The maximum absolute atomic E-state index is 12.4. The maximum Gasteiger partial charge on any atom is 0.352 e. The summed E-state index contributed by atoms with van der Waals surface area (Å²) >= 11 is 0. The number of rotatable bonds is 4. The zero-order valence-corrected chi connectivity index (χ0v) is 11.4. The van der Waals surface area contributed by atoms with Crippen molar-refractivity contribution in [3.63, 3.8) is 0 Å². The molecule has 1 aliphatic rings. The molecule has 7 heteroatoms. The van der Waals surface area contributed by atoms with Crippen LogP contribution in [0.1, 0.15) is 23.8 Å². The van der Waals surface area contributed by atoms with Gasteiger partial charge in [-0.25, -0.2) is 13.2 Å². The minimum Gasteiger partial charge on any atom is -0.477 e. The Bertz CT molecular complexity index is 616. The van der Waals surface area contributed by atoms with Gasteiger partial charge in [-0.3, -0.25) is 0 Å². The van der Waals surface area contributed by atoms with Gasteiger partial charge in [0.1, 0.15) is 10.6 Å². The van der Waals surface area contributed by atoms with E-state index >= 15 is 0 Å². The highest BCUT2D eigenvalue weighted by molar-refractivity contribution is 7.89. The highest BCUT2D eigenvalue weighted by atomic mass is 32.2. The quantitative estimate of drug-likeness (QED) is 0.841. The maximum atomic E-state index is 12.4. The first-order valence-electron chi connectivity index (χ1n) is 6.05. The summed E-state index contributed by atoms with van der Waals surface area (Å²) in [6, 6.07) is 1.22. The van der Waals surface area contributed by atoms with Crippen molar-refractivity contribution in [2.24, 2.45) is 0 Å². The number of carboxylic acids is 1. The average molecular weight is 284 g/mol. The van der Waals surface area contributed by atoms with Crippen molar-refractivity contribution in [2.45, 2.75) is 24.8 Å². The van der Waals surface area contributed by atoms with E-state index in [9.17, 15) is 13.2 Å². The molecule has 1 aliphatic heterocycles. The van der Waals surface area contributed by atoms with Crippen LogP contribution in [0.25, 0.3) is 0 Å². The van der Waals surface area contributed by atoms with Crippen LogP contribution in [0.3, 0.4) is 0 Å². The fourth-order valence-electron chi connectivity index (χ4n) is 2.05. The fourth-order valence-corrected chi connectivity index (χ4v) is 3.50. The van der Waals surface area contributed by atoms with Crippen LogP contribution in [-0.2, 0) is 16.6 Å². The van der Waals surface area contributed by atoms with Crippen LogP contribution in [0.5, 0.6) is 0 Å². The van der Waals surface area contributed by atoms with Gasteiger partial charge in [-0.05, 0) is 19.4 Å². The Morgan fingerprint density at radius 2 is 2.16 bits per heavy atom. The molecule has 2 heterocycles. The van der Waals surface area contributed by atoms with Gasteiger partial charge in [-0.15, -0.1) is 0 Å². The molecule has 1 aromatic rings. The number of nitrogens with zero attached hydrogens (tertiary/aromatic N) is 2. The minimum atomic E-state index is -3.61. The van der Waals surface area contributed by atoms with Crippen molar-refractivity contribution in [3.05, 3.63) is 30.1 Å². The number of hydrogen-bond donors (Lipinski definition) is 1. The molecule has 2 rings (SSSR count). The Morgan fingerprint density at radius 3 is 2.63 bits per heavy atom. The van der Waals surface area contributed by atoms with Crippen LogP contribution >= 0.6 is 0 Å². The lowest BCUT2D eigenvalue weighted by Gasteiger charge is -2.21. The Balaban J connectivity index is 2.40. The third kappa shape index (κ3) is 2.57. The van der Waals surface area contributed by atoms with Gasteiger partial charge in [0.15, 0.2) is 0 Å². The van der Waals surface area contributed by atoms with E-state index in [-0.39, 0.29) is 10.6 Å². The van der Waals surface area contributed by atoms with Gasteiger partial charge in [0.05, 0.1) is 0 Å². The molecule has 6 nitrogen and oxygen atoms in total. The van der Waals surface area contributed by atoms with E-state index in [2.05, 4.69) is 0 Å². The molecule has 0 unspecified atom stereocenters. The van der Waals surface area contributed by atoms with Crippen molar-refractivity contribution in [2.75, 3.05) is 13.1 Å². The molecule has 1 aromatic heterocycles. The van der Waals surface area contributed by atoms with Crippen LogP contribution in [0.2, 0.25) is 0 Å². The second-order valence-corrected chi connectivity index (χ2v) is 6.21. The first-order chi connectivity index (χ1) is 8.96. The number of aryl methyl sites for hydroxylation is 1. The average Bonchev–Trinajstić information content (AvgIpc) is 2.84. The van der Waals surface area contributed by atoms with Gasteiger partial charge in [-0.1, -0.05) is 12.2 Å². The molecule has 0 atom stereocenters. The van der Waals surface area contributed by atoms with E-state index in [4.69, 9.17) is 5.11 Å². The lowest BCUT2D eigenvalue weighted by molar-refractivity contribution is 0.0685. The number of aromatic nitrogens is 1. The van der Waals surface area contributed by atoms with Crippen LogP contribution in [-0.4, -0.2) is 41.5 Å². The normalized spacial score (nSPS) is 16.7. The highest BCUT2D eigenvalue weighted by Gasteiger charge is 2.27. The van der Waals surface area contributed by atoms with E-state index in [0.29, 0.717) is 26.1 Å². The number of aromatic carboxylic acids is 1. The Labute approximate surface area is 112 Å². The molecule has 0 aliphatic carbocycles. The van der Waals surface area contributed by atoms with Crippen LogP contribution in [0, 0.1) is 0 Å². The topological polar surface area (TPSA) is 79.6 Å². The lowest BCUT2D eigenvalue weighted by atomic mass is 10.3. The second kappa shape index (κ2) is 5.18. The second-order valence-electron chi connectivity index (χ2n) is 4.28.